The molecule has 8 heteroatoms. The van der Waals surface area contributed by atoms with Crippen LogP contribution in [0.4, 0.5) is 10.2 Å². The van der Waals surface area contributed by atoms with Crippen LogP contribution in [0.1, 0.15) is 18.4 Å². The van der Waals surface area contributed by atoms with E-state index in [1.165, 1.54) is 17.0 Å². The Kier molecular flexibility index (Phi) is 5.95. The first-order valence-electron chi connectivity index (χ1n) is 8.79. The van der Waals surface area contributed by atoms with Crippen molar-refractivity contribution in [2.75, 3.05) is 24.5 Å². The number of carbonyl (C=O) groups excluding carboxylic acids is 1. The van der Waals surface area contributed by atoms with E-state index in [0.717, 1.165) is 5.82 Å². The maximum Gasteiger partial charge on any atom is 0.323 e. The second-order valence-electron chi connectivity index (χ2n) is 6.54. The van der Waals surface area contributed by atoms with Crippen molar-refractivity contribution in [1.29, 1.82) is 0 Å². The van der Waals surface area contributed by atoms with Gasteiger partial charge in [-0.15, -0.1) is 0 Å². The van der Waals surface area contributed by atoms with E-state index in [1.54, 1.807) is 30.7 Å². The van der Waals surface area contributed by atoms with Crippen molar-refractivity contribution in [3.8, 4) is 0 Å². The lowest BCUT2D eigenvalue weighted by Crippen LogP contribution is -2.44. The summed E-state index contributed by atoms with van der Waals surface area (Å²) in [6.07, 6.45) is 6.17. The van der Waals surface area contributed by atoms with Crippen molar-refractivity contribution in [2.45, 2.75) is 19.4 Å². The third-order valence-corrected chi connectivity index (χ3v) is 4.64. The number of benzene rings is 1. The molecule has 142 valence electrons. The van der Waals surface area contributed by atoms with E-state index in [-0.39, 0.29) is 30.7 Å². The fourth-order valence-electron chi connectivity index (χ4n) is 3.25. The second-order valence-corrected chi connectivity index (χ2v) is 6.54. The van der Waals surface area contributed by atoms with Crippen LogP contribution >= 0.6 is 0 Å². The topological polar surface area (TPSA) is 86.6 Å². The highest BCUT2D eigenvalue weighted by atomic mass is 19.1. The average Bonchev–Trinajstić information content (AvgIpc) is 2.69. The van der Waals surface area contributed by atoms with Crippen LogP contribution in [-0.2, 0) is 16.1 Å². The SMILES string of the molecule is O=C(O)CN(Cc1ccc(F)cc1)C(=O)C1CCN(c2cnccn2)CC1. The molecule has 0 aliphatic carbocycles. The zero-order valence-electron chi connectivity index (χ0n) is 14.8. The molecule has 1 aromatic heterocycles. The van der Waals surface area contributed by atoms with Gasteiger partial charge in [0, 0.05) is 37.9 Å². The molecule has 1 aliphatic heterocycles. The van der Waals surface area contributed by atoms with Crippen LogP contribution in [0.15, 0.2) is 42.9 Å². The van der Waals surface area contributed by atoms with Crippen molar-refractivity contribution < 1.29 is 19.1 Å². The number of aromatic nitrogens is 2. The molecular formula is C19H21FN4O3. The Morgan fingerprint density at radius 1 is 1.19 bits per heavy atom. The number of carbonyl (C=O) groups is 2. The maximum absolute atomic E-state index is 13.1. The minimum Gasteiger partial charge on any atom is -0.480 e. The van der Waals surface area contributed by atoms with Gasteiger partial charge in [-0.25, -0.2) is 9.37 Å². The van der Waals surface area contributed by atoms with Gasteiger partial charge >= 0.3 is 5.97 Å². The Labute approximate surface area is 156 Å². The molecule has 0 saturated carbocycles. The van der Waals surface area contributed by atoms with Gasteiger partial charge in [-0.1, -0.05) is 12.1 Å². The van der Waals surface area contributed by atoms with Gasteiger partial charge in [0.15, 0.2) is 0 Å². The Morgan fingerprint density at radius 3 is 2.48 bits per heavy atom. The fraction of sp³-hybridized carbons (Fsp3) is 0.368. The molecule has 0 unspecified atom stereocenters. The number of rotatable bonds is 6. The average molecular weight is 372 g/mol. The van der Waals surface area contributed by atoms with Crippen LogP contribution in [0.2, 0.25) is 0 Å². The number of carboxylic acids is 1. The van der Waals surface area contributed by atoms with Crippen molar-refractivity contribution in [3.05, 3.63) is 54.2 Å². The van der Waals surface area contributed by atoms with Crippen LogP contribution in [0.3, 0.4) is 0 Å². The zero-order chi connectivity index (χ0) is 19.2. The first kappa shape index (κ1) is 18.8. The standard InChI is InChI=1S/C19H21FN4O3/c20-16-3-1-14(2-4-16)12-24(13-18(25)26)19(27)15-5-9-23(10-6-15)17-11-21-7-8-22-17/h1-4,7-8,11,15H,5-6,9-10,12-13H2,(H,25,26). The molecule has 1 aliphatic rings. The number of hydrogen-bond donors (Lipinski definition) is 1. The van der Waals surface area contributed by atoms with Gasteiger partial charge in [-0.2, -0.15) is 0 Å². The van der Waals surface area contributed by atoms with E-state index >= 15 is 0 Å². The quantitative estimate of drug-likeness (QED) is 0.834. The summed E-state index contributed by atoms with van der Waals surface area (Å²) in [6.45, 7) is 1.09. The summed E-state index contributed by atoms with van der Waals surface area (Å²) >= 11 is 0. The Hall–Kier alpha value is -3.03. The molecule has 1 fully saturated rings. The lowest BCUT2D eigenvalue weighted by Gasteiger charge is -2.34. The first-order chi connectivity index (χ1) is 13.0. The fourth-order valence-corrected chi connectivity index (χ4v) is 3.25. The highest BCUT2D eigenvalue weighted by Crippen LogP contribution is 2.23. The van der Waals surface area contributed by atoms with Crippen molar-refractivity contribution in [3.63, 3.8) is 0 Å². The largest absolute Gasteiger partial charge is 0.480 e. The third-order valence-electron chi connectivity index (χ3n) is 4.64. The number of hydrogen-bond acceptors (Lipinski definition) is 5. The number of nitrogens with zero attached hydrogens (tertiary/aromatic N) is 4. The van der Waals surface area contributed by atoms with Gasteiger partial charge in [0.05, 0.1) is 6.20 Å². The summed E-state index contributed by atoms with van der Waals surface area (Å²) in [5, 5.41) is 9.17. The number of halogens is 1. The molecule has 0 bridgehead atoms. The molecule has 1 N–H and O–H groups in total. The number of piperidine rings is 1. The molecule has 7 nitrogen and oxygen atoms in total. The number of carboxylic acid groups (broad SMARTS) is 1. The molecule has 2 heterocycles. The van der Waals surface area contributed by atoms with Gasteiger partial charge in [0.25, 0.3) is 0 Å². The van der Waals surface area contributed by atoms with Gasteiger partial charge in [-0.05, 0) is 30.5 Å². The lowest BCUT2D eigenvalue weighted by molar-refractivity contribution is -0.147. The van der Waals surface area contributed by atoms with Gasteiger partial charge < -0.3 is 14.9 Å². The predicted octanol–water partition coefficient (Wildman–Crippen LogP) is 1.95. The molecule has 2 aromatic rings. The molecule has 0 spiro atoms. The summed E-state index contributed by atoms with van der Waals surface area (Å²) in [5.41, 5.74) is 0.697. The summed E-state index contributed by atoms with van der Waals surface area (Å²) in [5.74, 6) is -1.08. The predicted molar refractivity (Wildman–Crippen MR) is 96.4 cm³/mol. The number of anilines is 1. The van der Waals surface area contributed by atoms with E-state index in [4.69, 9.17) is 5.11 Å². The van der Waals surface area contributed by atoms with Gasteiger partial charge in [-0.3, -0.25) is 14.6 Å². The Balaban J connectivity index is 1.64. The van der Waals surface area contributed by atoms with Crippen molar-refractivity contribution in [1.82, 2.24) is 14.9 Å². The smallest absolute Gasteiger partial charge is 0.323 e. The molecular weight excluding hydrogens is 351 g/mol. The van der Waals surface area contributed by atoms with Crippen LogP contribution in [0.5, 0.6) is 0 Å². The molecule has 1 saturated heterocycles. The normalized spacial score (nSPS) is 14.8. The highest BCUT2D eigenvalue weighted by molar-refractivity contribution is 5.83. The van der Waals surface area contributed by atoms with E-state index in [9.17, 15) is 14.0 Å². The molecule has 0 radical (unpaired) electrons. The molecule has 3 rings (SSSR count). The van der Waals surface area contributed by atoms with Crippen molar-refractivity contribution in [2.24, 2.45) is 5.92 Å². The minimum absolute atomic E-state index is 0.149. The molecule has 0 atom stereocenters. The van der Waals surface area contributed by atoms with Crippen LogP contribution in [-0.4, -0.2) is 51.5 Å². The Bertz CT molecular complexity index is 777. The summed E-state index contributed by atoms with van der Waals surface area (Å²) < 4.78 is 13.1. The van der Waals surface area contributed by atoms with E-state index in [2.05, 4.69) is 14.9 Å². The van der Waals surface area contributed by atoms with Crippen LogP contribution < -0.4 is 4.90 Å². The molecule has 1 amide bonds. The second kappa shape index (κ2) is 8.57. The first-order valence-corrected chi connectivity index (χ1v) is 8.79. The highest BCUT2D eigenvalue weighted by Gasteiger charge is 2.30. The minimum atomic E-state index is -1.07. The van der Waals surface area contributed by atoms with Crippen molar-refractivity contribution >= 4 is 17.7 Å². The summed E-state index contributed by atoms with van der Waals surface area (Å²) in [7, 11) is 0. The lowest BCUT2D eigenvalue weighted by atomic mass is 9.95. The van der Waals surface area contributed by atoms with E-state index < -0.39 is 5.97 Å². The van der Waals surface area contributed by atoms with Crippen LogP contribution in [0.25, 0.3) is 0 Å². The maximum atomic E-state index is 13.1. The monoisotopic (exact) mass is 372 g/mol. The zero-order valence-corrected chi connectivity index (χ0v) is 14.8. The molecule has 27 heavy (non-hydrogen) atoms. The van der Waals surface area contributed by atoms with E-state index in [1.807, 2.05) is 0 Å². The summed E-state index contributed by atoms with van der Waals surface area (Å²) in [6, 6.07) is 5.73. The molecule has 1 aromatic carbocycles. The van der Waals surface area contributed by atoms with Crippen LogP contribution in [0, 0.1) is 11.7 Å². The van der Waals surface area contributed by atoms with E-state index in [0.29, 0.717) is 31.5 Å². The summed E-state index contributed by atoms with van der Waals surface area (Å²) in [4.78, 5) is 35.8. The van der Waals surface area contributed by atoms with Gasteiger partial charge in [0.1, 0.15) is 18.2 Å². The number of aliphatic carboxylic acids is 1. The Morgan fingerprint density at radius 2 is 1.89 bits per heavy atom. The third kappa shape index (κ3) is 4.99. The number of amides is 1. The van der Waals surface area contributed by atoms with Gasteiger partial charge in [0.2, 0.25) is 5.91 Å².